The molecule has 1 unspecified atom stereocenters. The van der Waals surface area contributed by atoms with Crippen molar-refractivity contribution >= 4 is 77.9 Å². The zero-order chi connectivity index (χ0) is 70.0. The highest BCUT2D eigenvalue weighted by atomic mass is 16.3. The first-order chi connectivity index (χ1) is 47.5. The fourth-order valence-electron chi connectivity index (χ4n) is 16.8. The van der Waals surface area contributed by atoms with Crippen LogP contribution in [-0.4, -0.2) is 4.57 Å². The van der Waals surface area contributed by atoms with Crippen LogP contribution in [0.5, 0.6) is 0 Å². The Morgan fingerprint density at radius 1 is 0.330 bits per heavy atom. The molecule has 16 rings (SSSR count). The maximum atomic E-state index is 7.88. The Morgan fingerprint density at radius 3 is 1.30 bits per heavy atom. The number of furan rings is 1. The number of fused-ring (bicyclic) bond motifs is 14. The summed E-state index contributed by atoms with van der Waals surface area (Å²) in [7, 11) is 0. The first-order valence-electron chi connectivity index (χ1n) is 36.1. The topological polar surface area (TPSA) is 24.6 Å². The summed E-state index contributed by atoms with van der Waals surface area (Å²) < 4.78 is 10.4. The normalized spacial score (nSPS) is 15.2. The van der Waals surface area contributed by atoms with Crippen LogP contribution in [0.15, 0.2) is 259 Å². The lowest BCUT2D eigenvalue weighted by Gasteiger charge is -2.37. The number of rotatable bonds is 9. The molecular formula is C96H93N3O. The molecule has 4 nitrogen and oxygen atoms in total. The number of hydrogen-bond donors (Lipinski definition) is 0. The third-order valence-electron chi connectivity index (χ3n) is 22.2. The molecule has 12 aromatic carbocycles. The summed E-state index contributed by atoms with van der Waals surface area (Å²) in [5.41, 5.74) is 28.4. The Bertz CT molecular complexity index is 5530. The van der Waals surface area contributed by atoms with E-state index in [9.17, 15) is 0 Å². The fourth-order valence-corrected chi connectivity index (χ4v) is 16.8. The molecule has 100 heavy (non-hydrogen) atoms. The van der Waals surface area contributed by atoms with Crippen molar-refractivity contribution in [2.24, 2.45) is 0 Å². The van der Waals surface area contributed by atoms with Crippen LogP contribution in [0, 0.1) is 0 Å². The summed E-state index contributed by atoms with van der Waals surface area (Å²) in [6.07, 6.45) is 0. The number of hydrogen-bond acceptors (Lipinski definition) is 3. The Hall–Kier alpha value is -10.2. The molecule has 498 valence electrons. The summed E-state index contributed by atoms with van der Waals surface area (Å²) in [6, 6.07) is 98.1. The Balaban J connectivity index is 1.14. The van der Waals surface area contributed by atoms with Gasteiger partial charge in [0, 0.05) is 61.1 Å². The lowest BCUT2D eigenvalue weighted by molar-refractivity contribution is 0.589. The highest BCUT2D eigenvalue weighted by Gasteiger charge is 2.54. The predicted molar refractivity (Wildman–Crippen MR) is 426 cm³/mol. The van der Waals surface area contributed by atoms with E-state index in [4.69, 9.17) is 4.42 Å². The smallest absolute Gasteiger partial charge is 0.145 e. The third-order valence-corrected chi connectivity index (χ3v) is 22.2. The van der Waals surface area contributed by atoms with Gasteiger partial charge in [0.2, 0.25) is 0 Å². The molecule has 0 amide bonds. The minimum absolute atomic E-state index is 0.00104. The van der Waals surface area contributed by atoms with E-state index in [0.29, 0.717) is 0 Å². The number of benzene rings is 12. The van der Waals surface area contributed by atoms with Crippen LogP contribution in [0.3, 0.4) is 0 Å². The summed E-state index contributed by atoms with van der Waals surface area (Å²) in [4.78, 5) is 5.08. The molecule has 0 fully saturated rings. The second kappa shape index (κ2) is 22.7. The molecule has 14 aromatic rings. The maximum absolute atomic E-state index is 7.88. The van der Waals surface area contributed by atoms with Crippen LogP contribution in [0.2, 0.25) is 0 Å². The molecule has 0 N–H and O–H groups in total. The molecule has 2 heterocycles. The summed E-state index contributed by atoms with van der Waals surface area (Å²) in [6.45, 7) is 39.7. The van der Waals surface area contributed by atoms with Crippen LogP contribution in [0.1, 0.15) is 179 Å². The molecule has 2 aromatic heterocycles. The summed E-state index contributed by atoms with van der Waals surface area (Å²) >= 11 is 0. The minimum atomic E-state index is -1.02. The van der Waals surface area contributed by atoms with Gasteiger partial charge in [0.15, 0.2) is 0 Å². The number of nitrogens with zero attached hydrogens (tertiary/aromatic N) is 3. The number of para-hydroxylation sites is 3. The van der Waals surface area contributed by atoms with Crippen molar-refractivity contribution in [1.82, 2.24) is 4.57 Å². The SMILES string of the molecule is CC(C)(C)c1ccc(N(c2ccccc2)c2cc3c(c4c2-c2ccccc2C4(C)C)-c2c(cc(N(c4ccccc4)c4ccc(C(C)(C)C)cc4)c4c2oc2ccccc24)C3(c2ccc(C(C)(C)C)cc2)c2ccc3c(c2)c2cc(C(C)(C)C)ccc2n3-c2ccc(C(C)(C)C)cc2)cc1. The molecule has 1 atom stereocenters. The molecular weight excluding hydrogens is 1210 g/mol. The van der Waals surface area contributed by atoms with Crippen LogP contribution >= 0.6 is 0 Å². The molecule has 0 saturated heterocycles. The molecule has 0 saturated carbocycles. The van der Waals surface area contributed by atoms with E-state index in [1.165, 1.54) is 94.2 Å². The van der Waals surface area contributed by atoms with Gasteiger partial charge in [0.25, 0.3) is 0 Å². The van der Waals surface area contributed by atoms with Crippen molar-refractivity contribution in [1.29, 1.82) is 0 Å². The van der Waals surface area contributed by atoms with E-state index < -0.39 is 10.8 Å². The zero-order valence-corrected chi connectivity index (χ0v) is 61.5. The quantitative estimate of drug-likeness (QED) is 0.144. The van der Waals surface area contributed by atoms with Gasteiger partial charge < -0.3 is 18.8 Å². The zero-order valence-electron chi connectivity index (χ0n) is 61.5. The van der Waals surface area contributed by atoms with Gasteiger partial charge in [-0.05, 0) is 203 Å². The average Bonchev–Trinajstić information content (AvgIpc) is 1.49. The first-order valence-corrected chi connectivity index (χ1v) is 36.1. The fraction of sp³-hybridized carbons (Fsp3) is 0.250. The molecule has 0 aliphatic heterocycles. The van der Waals surface area contributed by atoms with E-state index in [0.717, 1.165) is 72.8 Å². The third kappa shape index (κ3) is 10.1. The predicted octanol–water partition coefficient (Wildman–Crippen LogP) is 26.8. The van der Waals surface area contributed by atoms with E-state index in [1.54, 1.807) is 0 Å². The first kappa shape index (κ1) is 64.5. The van der Waals surface area contributed by atoms with Crippen LogP contribution in [0.4, 0.5) is 34.1 Å². The van der Waals surface area contributed by atoms with Crippen molar-refractivity contribution < 1.29 is 4.42 Å². The van der Waals surface area contributed by atoms with Gasteiger partial charge in [-0.3, -0.25) is 0 Å². The second-order valence-electron chi connectivity index (χ2n) is 34.2. The Kier molecular flexibility index (Phi) is 14.6. The van der Waals surface area contributed by atoms with Crippen molar-refractivity contribution in [3.8, 4) is 27.9 Å². The number of aromatic nitrogens is 1. The lowest BCUT2D eigenvalue weighted by Crippen LogP contribution is -2.30. The standard InChI is InChI=1S/C96H93N3O/c1-90(2,3)60-36-38-64(39-37-60)96(66-47-55-80-75(57-66)74-56-65(94(13,14)15)46-54-79(74)99(80)71-52-44-63(45-53-71)93(10,11)12)77-58-81(97(67-28-20-18-21-29-67)69-48-40-61(41-49-69)91(4,5)6)84-72-32-24-26-34-76(72)95(16,17)88(84)86(77)87-78(96)59-82(85-73-33-25-27-35-83(73)100-89(85)87)98(68-30-22-19-23-31-68)70-50-42-62(43-51-70)92(7,8)9/h18-59H,1-17H3. The van der Waals surface area contributed by atoms with E-state index >= 15 is 0 Å². The minimum Gasteiger partial charge on any atom is -0.455 e. The maximum Gasteiger partial charge on any atom is 0.145 e. The van der Waals surface area contributed by atoms with Gasteiger partial charge in [-0.1, -0.05) is 269 Å². The van der Waals surface area contributed by atoms with E-state index in [1.807, 2.05) is 0 Å². The Morgan fingerprint density at radius 2 is 0.750 bits per heavy atom. The molecule has 4 heteroatoms. The van der Waals surface area contributed by atoms with Crippen molar-refractivity contribution in [2.75, 3.05) is 9.80 Å². The highest BCUT2D eigenvalue weighted by Crippen LogP contribution is 2.68. The second-order valence-corrected chi connectivity index (χ2v) is 34.2. The average molecular weight is 1300 g/mol. The van der Waals surface area contributed by atoms with E-state index in [2.05, 4.69) is 387 Å². The Labute approximate surface area is 592 Å². The van der Waals surface area contributed by atoms with Crippen LogP contribution < -0.4 is 9.80 Å². The monoisotopic (exact) mass is 1300 g/mol. The molecule has 2 aliphatic rings. The molecule has 0 bridgehead atoms. The van der Waals surface area contributed by atoms with Gasteiger partial charge in [0.1, 0.15) is 11.2 Å². The van der Waals surface area contributed by atoms with Gasteiger partial charge in [-0.25, -0.2) is 0 Å². The van der Waals surface area contributed by atoms with Crippen molar-refractivity contribution in [3.63, 3.8) is 0 Å². The van der Waals surface area contributed by atoms with Gasteiger partial charge in [0.05, 0.1) is 33.2 Å². The van der Waals surface area contributed by atoms with Gasteiger partial charge in [-0.15, -0.1) is 0 Å². The number of anilines is 6. The summed E-state index contributed by atoms with van der Waals surface area (Å²) in [5, 5.41) is 4.57. The highest BCUT2D eigenvalue weighted by molar-refractivity contribution is 6.21. The van der Waals surface area contributed by atoms with Crippen LogP contribution in [-0.2, 0) is 37.9 Å². The molecule has 0 spiro atoms. The van der Waals surface area contributed by atoms with Crippen LogP contribution in [0.25, 0.3) is 71.7 Å². The van der Waals surface area contributed by atoms with Gasteiger partial charge >= 0.3 is 0 Å². The summed E-state index contributed by atoms with van der Waals surface area (Å²) in [5.74, 6) is 0. The van der Waals surface area contributed by atoms with E-state index in [-0.39, 0.29) is 27.1 Å². The largest absolute Gasteiger partial charge is 0.455 e. The lowest BCUT2D eigenvalue weighted by atomic mass is 9.66. The van der Waals surface area contributed by atoms with Crippen molar-refractivity contribution in [2.45, 2.75) is 156 Å². The molecule has 2 aliphatic carbocycles. The molecule has 0 radical (unpaired) electrons. The van der Waals surface area contributed by atoms with Gasteiger partial charge in [-0.2, -0.15) is 0 Å². The van der Waals surface area contributed by atoms with Crippen molar-refractivity contribution in [3.05, 3.63) is 316 Å².